The fourth-order valence-electron chi connectivity index (χ4n) is 3.45. The smallest absolute Gasteiger partial charge is 0.236 e. The minimum atomic E-state index is -3.10. The van der Waals surface area contributed by atoms with Gasteiger partial charge in [0.15, 0.2) is 0 Å². The number of carbonyl (C=O) groups is 1. The molecule has 1 aromatic rings. The van der Waals surface area contributed by atoms with Crippen LogP contribution in [0.2, 0.25) is 0 Å². The third kappa shape index (κ3) is 7.34. The van der Waals surface area contributed by atoms with E-state index >= 15 is 0 Å². The Hall–Kier alpha value is -1.11. The number of benzene rings is 1. The summed E-state index contributed by atoms with van der Waals surface area (Å²) in [5.74, 6) is -0.311. The van der Waals surface area contributed by atoms with E-state index in [0.29, 0.717) is 6.54 Å². The lowest BCUT2D eigenvalue weighted by atomic mass is 9.80. The Kier molecular flexibility index (Phi) is 8.38. The summed E-state index contributed by atoms with van der Waals surface area (Å²) in [6, 6.07) is 9.57. The highest BCUT2D eigenvalue weighted by Crippen LogP contribution is 2.40. The van der Waals surface area contributed by atoms with Gasteiger partial charge in [0.2, 0.25) is 5.91 Å². The summed E-state index contributed by atoms with van der Waals surface area (Å²) in [6.07, 6.45) is 6.83. The van der Waals surface area contributed by atoms with Crippen LogP contribution in [0.1, 0.15) is 37.7 Å². The van der Waals surface area contributed by atoms with E-state index in [2.05, 4.69) is 17.4 Å². The highest BCUT2D eigenvalue weighted by Gasteiger charge is 2.34. The quantitative estimate of drug-likeness (QED) is 0.713. The monoisotopic (exact) mass is 388 g/mol. The zero-order valence-corrected chi connectivity index (χ0v) is 16.4. The molecule has 5 nitrogen and oxygen atoms in total. The van der Waals surface area contributed by atoms with Gasteiger partial charge in [-0.25, -0.2) is 8.42 Å². The Balaban J connectivity index is 0.00000312. The molecule has 0 aromatic heterocycles. The van der Waals surface area contributed by atoms with Gasteiger partial charge in [-0.3, -0.25) is 4.79 Å². The van der Waals surface area contributed by atoms with Crippen molar-refractivity contribution in [2.75, 3.05) is 18.6 Å². The number of hydrogen-bond donors (Lipinski definition) is 2. The molecular weight excluding hydrogens is 360 g/mol. The maximum atomic E-state index is 12.2. The predicted octanol–water partition coefficient (Wildman–Crippen LogP) is 2.09. The van der Waals surface area contributed by atoms with Gasteiger partial charge in [-0.15, -0.1) is 12.4 Å². The molecule has 1 aliphatic rings. The Labute approximate surface area is 157 Å². The van der Waals surface area contributed by atoms with Gasteiger partial charge in [-0.1, -0.05) is 43.2 Å². The average molecular weight is 389 g/mol. The molecule has 0 spiro atoms. The number of amides is 1. The van der Waals surface area contributed by atoms with Crippen LogP contribution in [-0.2, 0) is 21.1 Å². The SMILES string of the molecule is CS(=O)(=O)CCC(N)C(=O)NCC1(Cc2ccccc2)CCCC1.Cl. The molecule has 1 atom stereocenters. The van der Waals surface area contributed by atoms with Crippen LogP contribution in [0, 0.1) is 5.41 Å². The van der Waals surface area contributed by atoms with E-state index in [0.717, 1.165) is 25.5 Å². The van der Waals surface area contributed by atoms with Crippen LogP contribution in [0.3, 0.4) is 0 Å². The van der Waals surface area contributed by atoms with Crippen LogP contribution in [-0.4, -0.2) is 38.9 Å². The van der Waals surface area contributed by atoms with Gasteiger partial charge in [0.05, 0.1) is 11.8 Å². The first-order valence-electron chi connectivity index (χ1n) is 8.55. The molecule has 1 aromatic carbocycles. The molecule has 2 rings (SSSR count). The molecule has 1 unspecified atom stereocenters. The minimum absolute atomic E-state index is 0. The standard InChI is InChI=1S/C18H28N2O3S.ClH/c1-24(22,23)12-9-16(19)17(21)20-14-18(10-5-6-11-18)13-15-7-3-2-4-8-15;/h2-4,7-8,16H,5-6,9-14,19H2,1H3,(H,20,21);1H. The zero-order valence-electron chi connectivity index (χ0n) is 14.7. The van der Waals surface area contributed by atoms with Gasteiger partial charge in [-0.05, 0) is 36.7 Å². The molecule has 1 fully saturated rings. The second-order valence-corrected chi connectivity index (χ2v) is 9.37. The van der Waals surface area contributed by atoms with Crippen molar-refractivity contribution in [3.8, 4) is 0 Å². The van der Waals surface area contributed by atoms with Gasteiger partial charge in [0.1, 0.15) is 9.84 Å². The molecule has 0 aliphatic heterocycles. The lowest BCUT2D eigenvalue weighted by molar-refractivity contribution is -0.122. The number of nitrogens with one attached hydrogen (secondary N) is 1. The number of carbonyl (C=O) groups excluding carboxylic acids is 1. The van der Waals surface area contributed by atoms with Crippen molar-refractivity contribution >= 4 is 28.2 Å². The fraction of sp³-hybridized carbons (Fsp3) is 0.611. The van der Waals surface area contributed by atoms with Crippen LogP contribution >= 0.6 is 12.4 Å². The number of halogens is 1. The molecule has 0 saturated heterocycles. The molecule has 7 heteroatoms. The number of hydrogen-bond acceptors (Lipinski definition) is 4. The third-order valence-electron chi connectivity index (χ3n) is 4.86. The Bertz CT molecular complexity index is 644. The molecule has 0 bridgehead atoms. The lowest BCUT2D eigenvalue weighted by Gasteiger charge is -2.30. The maximum absolute atomic E-state index is 12.2. The topological polar surface area (TPSA) is 89.3 Å². The van der Waals surface area contributed by atoms with E-state index in [1.54, 1.807) is 0 Å². The number of nitrogens with two attached hydrogens (primary N) is 1. The summed E-state index contributed by atoms with van der Waals surface area (Å²) in [5, 5.41) is 2.96. The van der Waals surface area contributed by atoms with Crippen LogP contribution < -0.4 is 11.1 Å². The van der Waals surface area contributed by atoms with Crippen molar-refractivity contribution < 1.29 is 13.2 Å². The van der Waals surface area contributed by atoms with Gasteiger partial charge in [0, 0.05) is 12.8 Å². The molecule has 0 heterocycles. The van der Waals surface area contributed by atoms with Crippen LogP contribution in [0.25, 0.3) is 0 Å². The molecule has 1 amide bonds. The van der Waals surface area contributed by atoms with Crippen LogP contribution in [0.4, 0.5) is 0 Å². The van der Waals surface area contributed by atoms with Gasteiger partial charge in [-0.2, -0.15) is 0 Å². The maximum Gasteiger partial charge on any atom is 0.236 e. The van der Waals surface area contributed by atoms with Gasteiger partial charge < -0.3 is 11.1 Å². The predicted molar refractivity (Wildman–Crippen MR) is 104 cm³/mol. The number of sulfone groups is 1. The molecule has 142 valence electrons. The van der Waals surface area contributed by atoms with Gasteiger partial charge in [0.25, 0.3) is 0 Å². The van der Waals surface area contributed by atoms with Crippen molar-refractivity contribution in [1.82, 2.24) is 5.32 Å². The molecule has 1 aliphatic carbocycles. The summed E-state index contributed by atoms with van der Waals surface area (Å²) in [6.45, 7) is 0.604. The summed E-state index contributed by atoms with van der Waals surface area (Å²) in [5.41, 5.74) is 7.21. The summed E-state index contributed by atoms with van der Waals surface area (Å²) in [7, 11) is -3.10. The second kappa shape index (κ2) is 9.55. The van der Waals surface area contributed by atoms with Crippen molar-refractivity contribution in [3.05, 3.63) is 35.9 Å². The second-order valence-electron chi connectivity index (χ2n) is 7.11. The average Bonchev–Trinajstić information content (AvgIpc) is 2.99. The van der Waals surface area contributed by atoms with Crippen LogP contribution in [0.5, 0.6) is 0 Å². The summed E-state index contributed by atoms with van der Waals surface area (Å²) in [4.78, 5) is 12.2. The Morgan fingerprint density at radius 1 is 1.24 bits per heavy atom. The van der Waals surface area contributed by atoms with Gasteiger partial charge >= 0.3 is 0 Å². The van der Waals surface area contributed by atoms with Crippen molar-refractivity contribution in [1.29, 1.82) is 0 Å². The first-order chi connectivity index (χ1) is 11.3. The Morgan fingerprint density at radius 3 is 2.40 bits per heavy atom. The molecular formula is C18H29ClN2O3S. The van der Waals surface area contributed by atoms with E-state index < -0.39 is 15.9 Å². The largest absolute Gasteiger partial charge is 0.354 e. The summed E-state index contributed by atoms with van der Waals surface area (Å²) < 4.78 is 22.4. The van der Waals surface area contributed by atoms with Crippen molar-refractivity contribution in [2.45, 2.75) is 44.6 Å². The highest BCUT2D eigenvalue weighted by atomic mass is 35.5. The summed E-state index contributed by atoms with van der Waals surface area (Å²) >= 11 is 0. The zero-order chi connectivity index (χ0) is 17.6. The molecule has 25 heavy (non-hydrogen) atoms. The minimum Gasteiger partial charge on any atom is -0.354 e. The Morgan fingerprint density at radius 2 is 1.84 bits per heavy atom. The van der Waals surface area contributed by atoms with E-state index in [1.807, 2.05) is 18.2 Å². The van der Waals surface area contributed by atoms with E-state index in [9.17, 15) is 13.2 Å². The first-order valence-corrected chi connectivity index (χ1v) is 10.6. The van der Waals surface area contributed by atoms with E-state index in [1.165, 1.54) is 18.4 Å². The highest BCUT2D eigenvalue weighted by molar-refractivity contribution is 7.90. The fourth-order valence-corrected chi connectivity index (χ4v) is 4.13. The first kappa shape index (κ1) is 21.9. The molecule has 1 saturated carbocycles. The van der Waals surface area contributed by atoms with E-state index in [-0.39, 0.29) is 35.9 Å². The van der Waals surface area contributed by atoms with Crippen molar-refractivity contribution in [2.24, 2.45) is 11.1 Å². The lowest BCUT2D eigenvalue weighted by Crippen LogP contribution is -2.46. The number of rotatable bonds is 8. The van der Waals surface area contributed by atoms with E-state index in [4.69, 9.17) is 5.73 Å². The molecule has 3 N–H and O–H groups in total. The third-order valence-corrected chi connectivity index (χ3v) is 5.84. The normalized spacial score (nSPS) is 17.5. The molecule has 0 radical (unpaired) electrons. The van der Waals surface area contributed by atoms with Crippen molar-refractivity contribution in [3.63, 3.8) is 0 Å². The van der Waals surface area contributed by atoms with Crippen LogP contribution in [0.15, 0.2) is 30.3 Å².